The van der Waals surface area contributed by atoms with Crippen LogP contribution >= 0.6 is 0 Å². The number of amidine groups is 1. The molecule has 1 rings (SSSR count). The maximum Gasteiger partial charge on any atom is 0.221 e. The molecule has 2 N–H and O–H groups in total. The van der Waals surface area contributed by atoms with E-state index < -0.39 is 0 Å². The summed E-state index contributed by atoms with van der Waals surface area (Å²) in [5, 5.41) is 6.13. The molecule has 1 heterocycles. The Morgan fingerprint density at radius 2 is 2.25 bits per heavy atom. The molecule has 0 unspecified atom stereocenters. The Labute approximate surface area is 97.9 Å². The topological polar surface area (TPSA) is 53.5 Å². The fourth-order valence-electron chi connectivity index (χ4n) is 1.57. The third-order valence-corrected chi connectivity index (χ3v) is 2.51. The first-order chi connectivity index (χ1) is 7.68. The second kappa shape index (κ2) is 7.25. The number of amides is 1. The van der Waals surface area contributed by atoms with Crippen LogP contribution in [0.3, 0.4) is 0 Å². The van der Waals surface area contributed by atoms with Crippen molar-refractivity contribution < 1.29 is 4.79 Å². The minimum Gasteiger partial charge on any atom is -0.373 e. The maximum absolute atomic E-state index is 11.4. The largest absolute Gasteiger partial charge is 0.373 e. The first kappa shape index (κ1) is 13.0. The Bertz CT molecular complexity index is 249. The lowest BCUT2D eigenvalue weighted by Gasteiger charge is -2.14. The van der Waals surface area contributed by atoms with E-state index in [2.05, 4.69) is 29.5 Å². The summed E-state index contributed by atoms with van der Waals surface area (Å²) in [4.78, 5) is 15.8. The highest BCUT2D eigenvalue weighted by atomic mass is 16.1. The predicted octanol–water partition coefficient (Wildman–Crippen LogP) is 1.32. The van der Waals surface area contributed by atoms with Crippen LogP contribution in [0.25, 0.3) is 0 Å². The fraction of sp³-hybridized carbons (Fsp3) is 0.833. The molecule has 1 amide bonds. The van der Waals surface area contributed by atoms with Crippen LogP contribution in [0.5, 0.6) is 0 Å². The number of nitrogens with one attached hydrogen (secondary N) is 2. The number of nitrogens with zero attached hydrogens (tertiary/aromatic N) is 1. The molecule has 0 fully saturated rings. The fourth-order valence-corrected chi connectivity index (χ4v) is 1.57. The highest BCUT2D eigenvalue weighted by molar-refractivity contribution is 5.83. The summed E-state index contributed by atoms with van der Waals surface area (Å²) in [6.07, 6.45) is 3.98. The molecule has 0 atom stereocenters. The van der Waals surface area contributed by atoms with Crippen molar-refractivity contribution in [3.63, 3.8) is 0 Å². The first-order valence-electron chi connectivity index (χ1n) is 6.22. The lowest BCUT2D eigenvalue weighted by molar-refractivity contribution is -0.121. The molecule has 0 spiro atoms. The van der Waals surface area contributed by atoms with Gasteiger partial charge >= 0.3 is 0 Å². The van der Waals surface area contributed by atoms with Crippen molar-refractivity contribution in [1.82, 2.24) is 10.6 Å². The Hall–Kier alpha value is -1.06. The van der Waals surface area contributed by atoms with E-state index in [1.54, 1.807) is 0 Å². The van der Waals surface area contributed by atoms with Gasteiger partial charge in [0.15, 0.2) is 0 Å². The van der Waals surface area contributed by atoms with E-state index in [1.807, 2.05) is 0 Å². The molecular formula is C12H23N3O. The summed E-state index contributed by atoms with van der Waals surface area (Å²) in [7, 11) is 0. The molecule has 1 aliphatic rings. The van der Waals surface area contributed by atoms with E-state index in [-0.39, 0.29) is 5.91 Å². The Morgan fingerprint density at radius 3 is 2.88 bits per heavy atom. The lowest BCUT2D eigenvalue weighted by atomic mass is 10.2. The molecule has 0 aromatic heterocycles. The van der Waals surface area contributed by atoms with Gasteiger partial charge in [-0.05, 0) is 18.8 Å². The van der Waals surface area contributed by atoms with Crippen molar-refractivity contribution in [3.8, 4) is 0 Å². The van der Waals surface area contributed by atoms with Crippen molar-refractivity contribution in [2.24, 2.45) is 10.9 Å². The Kier molecular flexibility index (Phi) is 5.90. The van der Waals surface area contributed by atoms with Crippen molar-refractivity contribution >= 4 is 11.7 Å². The molecule has 92 valence electrons. The van der Waals surface area contributed by atoms with Crippen LogP contribution in [0.1, 0.15) is 39.5 Å². The molecule has 4 heteroatoms. The molecule has 0 aliphatic carbocycles. The molecule has 16 heavy (non-hydrogen) atoms. The highest BCUT2D eigenvalue weighted by Crippen LogP contribution is 2.03. The third-order valence-electron chi connectivity index (χ3n) is 2.51. The van der Waals surface area contributed by atoms with Crippen LogP contribution in [0.2, 0.25) is 0 Å². The molecule has 4 nitrogen and oxygen atoms in total. The molecule has 0 aromatic carbocycles. The smallest absolute Gasteiger partial charge is 0.221 e. The lowest BCUT2D eigenvalue weighted by Crippen LogP contribution is -2.33. The van der Waals surface area contributed by atoms with Crippen LogP contribution in [-0.4, -0.2) is 31.4 Å². The standard InChI is InChI=1S/C12H23N3O/c1-10(2)9-15-12(16)6-8-14-11-5-3-4-7-13-11/h10H,3-9H2,1-2H3,(H,13,14)(H,15,16). The normalized spacial score (nSPS) is 15.8. The van der Waals surface area contributed by atoms with E-state index >= 15 is 0 Å². The van der Waals surface area contributed by atoms with Gasteiger partial charge in [-0.25, -0.2) is 0 Å². The summed E-state index contributed by atoms with van der Waals surface area (Å²) in [5.74, 6) is 1.71. The number of rotatable bonds is 5. The highest BCUT2D eigenvalue weighted by Gasteiger charge is 2.06. The van der Waals surface area contributed by atoms with Crippen LogP contribution in [0.15, 0.2) is 4.99 Å². The first-order valence-corrected chi connectivity index (χ1v) is 6.22. The maximum atomic E-state index is 11.4. The Morgan fingerprint density at radius 1 is 1.44 bits per heavy atom. The van der Waals surface area contributed by atoms with Crippen molar-refractivity contribution in [2.75, 3.05) is 19.6 Å². The van der Waals surface area contributed by atoms with E-state index in [4.69, 9.17) is 0 Å². The minimum absolute atomic E-state index is 0.123. The SMILES string of the molecule is CC(C)CNC(=O)CCNC1=NCCCC1. The van der Waals surface area contributed by atoms with Gasteiger partial charge in [-0.2, -0.15) is 0 Å². The quantitative estimate of drug-likeness (QED) is 0.741. The van der Waals surface area contributed by atoms with Gasteiger partial charge in [0.1, 0.15) is 0 Å². The number of carbonyl (C=O) groups is 1. The number of hydrogen-bond acceptors (Lipinski definition) is 3. The number of carbonyl (C=O) groups excluding carboxylic acids is 1. The average Bonchev–Trinajstić information content (AvgIpc) is 2.28. The average molecular weight is 225 g/mol. The molecular weight excluding hydrogens is 202 g/mol. The van der Waals surface area contributed by atoms with E-state index in [9.17, 15) is 4.79 Å². The molecule has 0 saturated heterocycles. The molecule has 1 aliphatic heterocycles. The Balaban J connectivity index is 2.05. The molecule has 0 radical (unpaired) electrons. The van der Waals surface area contributed by atoms with E-state index in [0.29, 0.717) is 18.9 Å². The third kappa shape index (κ3) is 5.73. The van der Waals surface area contributed by atoms with Crippen molar-refractivity contribution in [3.05, 3.63) is 0 Å². The van der Waals surface area contributed by atoms with Gasteiger partial charge in [-0.3, -0.25) is 9.79 Å². The molecule has 0 bridgehead atoms. The van der Waals surface area contributed by atoms with E-state index in [0.717, 1.165) is 25.3 Å². The van der Waals surface area contributed by atoms with Crippen molar-refractivity contribution in [1.29, 1.82) is 0 Å². The summed E-state index contributed by atoms with van der Waals surface area (Å²) < 4.78 is 0. The summed E-state index contributed by atoms with van der Waals surface area (Å²) >= 11 is 0. The van der Waals surface area contributed by atoms with Gasteiger partial charge in [-0.15, -0.1) is 0 Å². The van der Waals surface area contributed by atoms with E-state index in [1.165, 1.54) is 12.8 Å². The minimum atomic E-state index is 0.123. The predicted molar refractivity (Wildman–Crippen MR) is 66.6 cm³/mol. The zero-order chi connectivity index (χ0) is 11.8. The zero-order valence-electron chi connectivity index (χ0n) is 10.4. The second-order valence-corrected chi connectivity index (χ2v) is 4.66. The van der Waals surface area contributed by atoms with Gasteiger partial charge in [0, 0.05) is 32.5 Å². The molecule has 0 aromatic rings. The van der Waals surface area contributed by atoms with Gasteiger partial charge < -0.3 is 10.6 Å². The molecule has 0 saturated carbocycles. The van der Waals surface area contributed by atoms with Crippen LogP contribution in [0.4, 0.5) is 0 Å². The number of hydrogen-bond donors (Lipinski definition) is 2. The van der Waals surface area contributed by atoms with Gasteiger partial charge in [0.25, 0.3) is 0 Å². The summed E-state index contributed by atoms with van der Waals surface area (Å²) in [6, 6.07) is 0. The van der Waals surface area contributed by atoms with Gasteiger partial charge in [0.2, 0.25) is 5.91 Å². The zero-order valence-corrected chi connectivity index (χ0v) is 10.4. The van der Waals surface area contributed by atoms with Gasteiger partial charge in [-0.1, -0.05) is 13.8 Å². The van der Waals surface area contributed by atoms with Gasteiger partial charge in [0.05, 0.1) is 5.84 Å². The summed E-state index contributed by atoms with van der Waals surface area (Å²) in [6.45, 7) is 6.58. The van der Waals surface area contributed by atoms with Crippen LogP contribution < -0.4 is 10.6 Å². The van der Waals surface area contributed by atoms with Crippen molar-refractivity contribution in [2.45, 2.75) is 39.5 Å². The van der Waals surface area contributed by atoms with Crippen LogP contribution in [-0.2, 0) is 4.79 Å². The number of aliphatic imine (C=N–C) groups is 1. The van der Waals surface area contributed by atoms with Crippen LogP contribution in [0, 0.1) is 5.92 Å². The second-order valence-electron chi connectivity index (χ2n) is 4.66. The summed E-state index contributed by atoms with van der Waals surface area (Å²) in [5.41, 5.74) is 0. The monoisotopic (exact) mass is 225 g/mol.